The lowest BCUT2D eigenvalue weighted by Crippen LogP contribution is -2.41. The summed E-state index contributed by atoms with van der Waals surface area (Å²) in [4.78, 5) is 22.2. The van der Waals surface area contributed by atoms with Crippen molar-refractivity contribution in [1.82, 2.24) is 0 Å². The van der Waals surface area contributed by atoms with Crippen LogP contribution in [0.5, 0.6) is 0 Å². The van der Waals surface area contributed by atoms with Gasteiger partial charge in [0.15, 0.2) is 5.79 Å². The second-order valence-electron chi connectivity index (χ2n) is 6.14. The van der Waals surface area contributed by atoms with Gasteiger partial charge in [0.25, 0.3) is 0 Å². The highest BCUT2D eigenvalue weighted by molar-refractivity contribution is 5.66. The molecule has 25 heavy (non-hydrogen) atoms. The summed E-state index contributed by atoms with van der Waals surface area (Å²) in [6.45, 7) is -1.71. The fourth-order valence-corrected chi connectivity index (χ4v) is 3.40. The Bertz CT molecular complexity index is 579. The first kappa shape index (κ1) is 19.5. The van der Waals surface area contributed by atoms with Crippen LogP contribution in [0.15, 0.2) is 23.8 Å². The summed E-state index contributed by atoms with van der Waals surface area (Å²) in [6.07, 6.45) is 5.13. The Morgan fingerprint density at radius 2 is 2.16 bits per heavy atom. The third-order valence-corrected chi connectivity index (χ3v) is 4.58. The van der Waals surface area contributed by atoms with Gasteiger partial charge in [-0.05, 0) is 24.5 Å². The Morgan fingerprint density at radius 3 is 2.64 bits per heavy atom. The Hall–Kier alpha value is -1.87. The van der Waals surface area contributed by atoms with Crippen LogP contribution in [0.1, 0.15) is 32.6 Å². The summed E-state index contributed by atoms with van der Waals surface area (Å²) in [6, 6.07) is -0.811. The van der Waals surface area contributed by atoms with Crippen LogP contribution in [0.3, 0.4) is 0 Å². The number of rotatable bonds is 6. The fraction of sp³-hybridized carbons (Fsp3) is 0.688. The maximum atomic E-state index is 12.5. The van der Waals surface area contributed by atoms with Gasteiger partial charge in [-0.3, -0.25) is 19.6 Å². The van der Waals surface area contributed by atoms with Gasteiger partial charge >= 0.3 is 12.6 Å². The molecular weight excluding hydrogens is 340 g/mol. The summed E-state index contributed by atoms with van der Waals surface area (Å²) in [5.74, 6) is -2.47. The van der Waals surface area contributed by atoms with Crippen LogP contribution in [-0.4, -0.2) is 42.5 Å². The van der Waals surface area contributed by atoms with Gasteiger partial charge in [0.1, 0.15) is 6.10 Å². The summed E-state index contributed by atoms with van der Waals surface area (Å²) in [5.41, 5.74) is 0.643. The molecule has 0 saturated heterocycles. The van der Waals surface area contributed by atoms with E-state index in [-0.39, 0.29) is 23.9 Å². The van der Waals surface area contributed by atoms with E-state index in [4.69, 9.17) is 9.47 Å². The molecule has 0 spiro atoms. The maximum Gasteiger partial charge on any atom is 0.347 e. The third-order valence-electron chi connectivity index (χ3n) is 4.58. The summed E-state index contributed by atoms with van der Waals surface area (Å²) >= 11 is 0. The topological polar surface area (TPSA) is 87.9 Å². The van der Waals surface area contributed by atoms with Crippen LogP contribution in [0.4, 0.5) is 8.78 Å². The number of methoxy groups -OCH3 is 1. The molecule has 0 aromatic heterocycles. The zero-order chi connectivity index (χ0) is 18.6. The van der Waals surface area contributed by atoms with Crippen molar-refractivity contribution in [3.63, 3.8) is 0 Å². The van der Waals surface area contributed by atoms with Gasteiger partial charge in [-0.15, -0.1) is 0 Å². The van der Waals surface area contributed by atoms with Crippen LogP contribution >= 0.6 is 0 Å². The minimum absolute atomic E-state index is 0.0127. The van der Waals surface area contributed by atoms with Crippen molar-refractivity contribution in [2.45, 2.75) is 57.2 Å². The standard InChI is InChI=1S/C16H21F2NO6/c1-10(20)24-12-3-4-14(19(21)22)13(9-12)11-5-7-16(23-2,8-6-11)25-15(17)18/h5-7,12-15H,3-4,8-9H2,1-2H3. The van der Waals surface area contributed by atoms with Crippen LogP contribution in [0.25, 0.3) is 0 Å². The maximum absolute atomic E-state index is 12.5. The van der Waals surface area contributed by atoms with Crippen molar-refractivity contribution < 1.29 is 32.7 Å². The summed E-state index contributed by atoms with van der Waals surface area (Å²) < 4.78 is 39.8. The number of ether oxygens (including phenoxy) is 3. The molecule has 1 fully saturated rings. The molecule has 0 bridgehead atoms. The summed E-state index contributed by atoms with van der Waals surface area (Å²) in [7, 11) is 1.25. The number of hydrogen-bond donors (Lipinski definition) is 0. The normalized spacial score (nSPS) is 32.4. The molecule has 0 aromatic carbocycles. The van der Waals surface area contributed by atoms with E-state index in [0.29, 0.717) is 18.4 Å². The second-order valence-corrected chi connectivity index (χ2v) is 6.14. The van der Waals surface area contributed by atoms with Crippen molar-refractivity contribution in [1.29, 1.82) is 0 Å². The van der Waals surface area contributed by atoms with Crippen LogP contribution in [0.2, 0.25) is 0 Å². The Morgan fingerprint density at radius 1 is 1.44 bits per heavy atom. The molecule has 0 amide bonds. The van der Waals surface area contributed by atoms with Crippen LogP contribution in [-0.2, 0) is 19.0 Å². The van der Waals surface area contributed by atoms with E-state index in [0.717, 1.165) is 0 Å². The number of nitrogens with zero attached hydrogens (tertiary/aromatic N) is 1. The molecule has 140 valence electrons. The highest BCUT2D eigenvalue weighted by Gasteiger charge is 2.42. The van der Waals surface area contributed by atoms with Crippen molar-refractivity contribution in [2.24, 2.45) is 5.92 Å². The number of carbonyl (C=O) groups is 1. The van der Waals surface area contributed by atoms with E-state index in [1.165, 1.54) is 26.2 Å². The SMILES string of the molecule is COC1(OC(F)F)C=CC(C2CC(OC(C)=O)CCC2[N+](=O)[O-])=CC1. The van der Waals surface area contributed by atoms with E-state index in [2.05, 4.69) is 4.74 Å². The smallest absolute Gasteiger partial charge is 0.347 e. The van der Waals surface area contributed by atoms with Gasteiger partial charge in [0.2, 0.25) is 6.04 Å². The molecular formula is C16H21F2NO6. The lowest BCUT2D eigenvalue weighted by atomic mass is 9.76. The van der Waals surface area contributed by atoms with Crippen molar-refractivity contribution in [3.05, 3.63) is 33.9 Å². The molecule has 2 aliphatic carbocycles. The Balaban J connectivity index is 2.16. The van der Waals surface area contributed by atoms with E-state index in [1.807, 2.05) is 0 Å². The predicted octanol–water partition coefficient (Wildman–Crippen LogP) is 2.83. The molecule has 0 aromatic rings. The Kier molecular flexibility index (Phi) is 6.23. The second kappa shape index (κ2) is 8.01. The molecule has 4 unspecified atom stereocenters. The van der Waals surface area contributed by atoms with Gasteiger partial charge in [-0.1, -0.05) is 12.2 Å². The molecule has 1 saturated carbocycles. The lowest BCUT2D eigenvalue weighted by molar-refractivity contribution is -0.534. The third kappa shape index (κ3) is 4.82. The van der Waals surface area contributed by atoms with Gasteiger partial charge in [-0.2, -0.15) is 8.78 Å². The zero-order valence-corrected chi connectivity index (χ0v) is 14.0. The van der Waals surface area contributed by atoms with E-state index >= 15 is 0 Å². The molecule has 0 aliphatic heterocycles. The molecule has 0 heterocycles. The number of nitro groups is 1. The first-order valence-electron chi connectivity index (χ1n) is 7.97. The number of carbonyl (C=O) groups excluding carboxylic acids is 1. The molecule has 4 atom stereocenters. The van der Waals surface area contributed by atoms with Crippen molar-refractivity contribution in [3.8, 4) is 0 Å². The van der Waals surface area contributed by atoms with E-state index in [1.54, 1.807) is 6.08 Å². The van der Waals surface area contributed by atoms with Gasteiger partial charge < -0.3 is 9.47 Å². The highest BCUT2D eigenvalue weighted by Crippen LogP contribution is 2.38. The molecule has 2 rings (SSSR count). The average Bonchev–Trinajstić information content (AvgIpc) is 2.54. The fourth-order valence-electron chi connectivity index (χ4n) is 3.40. The van der Waals surface area contributed by atoms with E-state index in [9.17, 15) is 23.7 Å². The first-order chi connectivity index (χ1) is 11.8. The molecule has 7 nitrogen and oxygen atoms in total. The van der Waals surface area contributed by atoms with Gasteiger partial charge in [-0.25, -0.2) is 0 Å². The molecule has 9 heteroatoms. The highest BCUT2D eigenvalue weighted by atomic mass is 19.3. The van der Waals surface area contributed by atoms with Crippen molar-refractivity contribution in [2.75, 3.05) is 7.11 Å². The Labute approximate surface area is 143 Å². The van der Waals surface area contributed by atoms with Crippen LogP contribution < -0.4 is 0 Å². The van der Waals surface area contributed by atoms with Crippen molar-refractivity contribution >= 4 is 5.97 Å². The quantitative estimate of drug-likeness (QED) is 0.313. The monoisotopic (exact) mass is 361 g/mol. The number of allylic oxidation sites excluding steroid dienone is 1. The molecule has 0 N–H and O–H groups in total. The predicted molar refractivity (Wildman–Crippen MR) is 82.3 cm³/mol. The number of alkyl halides is 2. The number of esters is 1. The van der Waals surface area contributed by atoms with Gasteiger partial charge in [0.05, 0.1) is 5.92 Å². The lowest BCUT2D eigenvalue weighted by Gasteiger charge is -2.35. The minimum Gasteiger partial charge on any atom is -0.463 e. The van der Waals surface area contributed by atoms with Gasteiger partial charge in [0, 0.05) is 31.8 Å². The average molecular weight is 361 g/mol. The van der Waals surface area contributed by atoms with E-state index < -0.39 is 30.3 Å². The largest absolute Gasteiger partial charge is 0.463 e. The molecule has 2 aliphatic rings. The minimum atomic E-state index is -3.01. The zero-order valence-electron chi connectivity index (χ0n) is 14.0. The summed E-state index contributed by atoms with van der Waals surface area (Å²) in [5, 5.41) is 11.4. The molecule has 0 radical (unpaired) electrons. The first-order valence-corrected chi connectivity index (χ1v) is 7.97. The number of hydrogen-bond acceptors (Lipinski definition) is 6. The number of halogens is 2. The van der Waals surface area contributed by atoms with Crippen LogP contribution in [0, 0.1) is 16.0 Å².